The standard InChI is InChI=1S/C34H35N5O7S/c1-4-13-36-20-23-6-12-31(45-3)28(17-23)34(38-21-24(40)18-30(38)32-37-14-15-46-32)27-16-22(19-35)5-11-29(27)39(33(34)41)47(42,43)26-9-7-25(44-2)8-10-26/h5-12,14-17,24,30,36,40H,4,13,18,20-21H2,1-3H3. The van der Waals surface area contributed by atoms with Crippen LogP contribution in [0, 0.1) is 11.3 Å². The number of hydrogen-bond acceptors (Lipinski definition) is 11. The molecule has 244 valence electrons. The molecular weight excluding hydrogens is 622 g/mol. The Morgan fingerprint density at radius 3 is 2.55 bits per heavy atom. The Hall–Kier alpha value is -4.74. The van der Waals surface area contributed by atoms with Crippen molar-refractivity contribution in [2.24, 2.45) is 0 Å². The molecule has 3 atom stereocenters. The van der Waals surface area contributed by atoms with Gasteiger partial charge in [-0.25, -0.2) is 17.7 Å². The van der Waals surface area contributed by atoms with Gasteiger partial charge in [0.05, 0.1) is 54.8 Å². The van der Waals surface area contributed by atoms with Crippen LogP contribution in [0.4, 0.5) is 5.69 Å². The van der Waals surface area contributed by atoms with Crippen LogP contribution in [-0.2, 0) is 26.9 Å². The van der Waals surface area contributed by atoms with Crippen LogP contribution in [-0.4, -0.2) is 62.7 Å². The highest BCUT2D eigenvalue weighted by molar-refractivity contribution is 7.93. The number of aliphatic hydroxyl groups is 1. The number of fused-ring (bicyclic) bond motifs is 1. The molecule has 1 fully saturated rings. The second kappa shape index (κ2) is 12.8. The highest BCUT2D eigenvalue weighted by Crippen LogP contribution is 2.56. The molecule has 3 heterocycles. The summed E-state index contributed by atoms with van der Waals surface area (Å²) in [6.45, 7) is 3.26. The van der Waals surface area contributed by atoms with Crippen LogP contribution in [0.1, 0.15) is 54.0 Å². The average Bonchev–Trinajstić information content (AvgIpc) is 3.81. The molecule has 1 aromatic heterocycles. The molecular formula is C34H35N5O7S. The van der Waals surface area contributed by atoms with E-state index in [1.807, 2.05) is 12.1 Å². The van der Waals surface area contributed by atoms with E-state index in [1.165, 1.54) is 69.1 Å². The number of nitrogens with one attached hydrogen (secondary N) is 1. The summed E-state index contributed by atoms with van der Waals surface area (Å²) < 4.78 is 46.7. The normalized spacial score (nSPS) is 21.1. The number of nitriles is 1. The lowest BCUT2D eigenvalue weighted by molar-refractivity contribution is -0.127. The van der Waals surface area contributed by atoms with Crippen molar-refractivity contribution in [1.29, 1.82) is 5.26 Å². The lowest BCUT2D eigenvalue weighted by Gasteiger charge is -2.41. The quantitative estimate of drug-likeness (QED) is 0.226. The van der Waals surface area contributed by atoms with Crippen LogP contribution in [0.3, 0.4) is 0 Å². The molecule has 1 saturated heterocycles. The number of amides is 1. The Bertz CT molecular complexity index is 1930. The molecule has 12 nitrogen and oxygen atoms in total. The van der Waals surface area contributed by atoms with Gasteiger partial charge >= 0.3 is 0 Å². The van der Waals surface area contributed by atoms with Gasteiger partial charge in [-0.2, -0.15) is 5.26 Å². The van der Waals surface area contributed by atoms with E-state index in [-0.39, 0.29) is 40.6 Å². The zero-order valence-electron chi connectivity index (χ0n) is 26.2. The van der Waals surface area contributed by atoms with Gasteiger partial charge in [-0.05, 0) is 79.5 Å². The number of aliphatic hydroxyl groups excluding tert-OH is 1. The molecule has 4 aromatic rings. The summed E-state index contributed by atoms with van der Waals surface area (Å²) in [5, 5.41) is 24.5. The predicted molar refractivity (Wildman–Crippen MR) is 171 cm³/mol. The number of oxazole rings is 1. The number of hydrogen-bond donors (Lipinski definition) is 2. The average molecular weight is 658 g/mol. The Morgan fingerprint density at radius 2 is 1.89 bits per heavy atom. The van der Waals surface area contributed by atoms with Gasteiger partial charge in [-0.1, -0.05) is 13.0 Å². The minimum atomic E-state index is -4.52. The topological polar surface area (TPSA) is 158 Å². The molecule has 0 bridgehead atoms. The zero-order chi connectivity index (χ0) is 33.3. The highest BCUT2D eigenvalue weighted by atomic mass is 32.2. The smallest absolute Gasteiger partial charge is 0.271 e. The van der Waals surface area contributed by atoms with Crippen molar-refractivity contribution in [2.45, 2.75) is 48.9 Å². The summed E-state index contributed by atoms with van der Waals surface area (Å²) in [4.78, 5) is 21.4. The van der Waals surface area contributed by atoms with E-state index < -0.39 is 33.6 Å². The van der Waals surface area contributed by atoms with Gasteiger partial charge in [0.2, 0.25) is 5.89 Å². The number of carbonyl (C=O) groups is 1. The van der Waals surface area contributed by atoms with Crippen LogP contribution in [0.15, 0.2) is 82.4 Å². The molecule has 0 aliphatic carbocycles. The molecule has 0 saturated carbocycles. The van der Waals surface area contributed by atoms with Crippen LogP contribution < -0.4 is 19.1 Å². The monoisotopic (exact) mass is 657 g/mol. The van der Waals surface area contributed by atoms with Gasteiger partial charge in [-0.3, -0.25) is 9.69 Å². The van der Waals surface area contributed by atoms with E-state index in [0.29, 0.717) is 23.6 Å². The Balaban J connectivity index is 1.67. The number of sulfonamides is 1. The van der Waals surface area contributed by atoms with Crippen molar-refractivity contribution in [3.8, 4) is 17.6 Å². The first-order valence-corrected chi connectivity index (χ1v) is 16.6. The van der Waals surface area contributed by atoms with Gasteiger partial charge in [0.15, 0.2) is 5.54 Å². The third-order valence-corrected chi connectivity index (χ3v) is 10.4. The fraction of sp³-hybridized carbons (Fsp3) is 0.324. The number of aromatic nitrogens is 1. The third-order valence-electron chi connectivity index (χ3n) is 8.68. The number of benzene rings is 3. The summed E-state index contributed by atoms with van der Waals surface area (Å²) in [7, 11) is -1.58. The van der Waals surface area contributed by atoms with Crippen molar-refractivity contribution in [3.63, 3.8) is 0 Å². The largest absolute Gasteiger partial charge is 0.497 e. The highest BCUT2D eigenvalue weighted by Gasteiger charge is 2.63. The van der Waals surface area contributed by atoms with E-state index in [0.717, 1.165) is 22.8 Å². The first kappa shape index (κ1) is 32.2. The summed E-state index contributed by atoms with van der Waals surface area (Å²) >= 11 is 0. The van der Waals surface area contributed by atoms with Crippen LogP contribution >= 0.6 is 0 Å². The van der Waals surface area contributed by atoms with E-state index in [1.54, 1.807) is 11.0 Å². The Labute approximate surface area is 273 Å². The molecule has 3 unspecified atom stereocenters. The third kappa shape index (κ3) is 5.33. The van der Waals surface area contributed by atoms with Gasteiger partial charge in [0.1, 0.15) is 17.8 Å². The first-order valence-electron chi connectivity index (χ1n) is 15.2. The first-order chi connectivity index (χ1) is 22.7. The van der Waals surface area contributed by atoms with Gasteiger partial charge in [0, 0.05) is 24.2 Å². The number of ether oxygens (including phenoxy) is 2. The maximum atomic E-state index is 15.5. The van der Waals surface area contributed by atoms with E-state index in [9.17, 15) is 18.8 Å². The second-order valence-electron chi connectivity index (χ2n) is 11.4. The minimum Gasteiger partial charge on any atom is -0.497 e. The molecule has 0 radical (unpaired) electrons. The molecule has 6 rings (SSSR count). The Morgan fingerprint density at radius 1 is 1.11 bits per heavy atom. The number of carbonyl (C=O) groups excluding carboxylic acids is 1. The number of rotatable bonds is 11. The van der Waals surface area contributed by atoms with E-state index >= 15 is 4.79 Å². The van der Waals surface area contributed by atoms with Gasteiger partial charge in [-0.15, -0.1) is 0 Å². The van der Waals surface area contributed by atoms with Crippen molar-refractivity contribution in [1.82, 2.24) is 15.2 Å². The maximum absolute atomic E-state index is 15.5. The fourth-order valence-corrected chi connectivity index (χ4v) is 8.06. The number of likely N-dealkylation sites (tertiary alicyclic amines) is 1. The summed E-state index contributed by atoms with van der Waals surface area (Å²) in [5.41, 5.74) is -0.171. The van der Waals surface area contributed by atoms with E-state index in [2.05, 4.69) is 23.3 Å². The lowest BCUT2D eigenvalue weighted by Crippen LogP contribution is -2.55. The molecule has 2 aliphatic rings. The number of β-amino-alcohol motifs (C(OH)–C–C–N with tert-alkyl or cyclic N) is 1. The zero-order valence-corrected chi connectivity index (χ0v) is 27.0. The lowest BCUT2D eigenvalue weighted by atomic mass is 9.79. The summed E-state index contributed by atoms with van der Waals surface area (Å²) in [5.74, 6) is 0.203. The number of methoxy groups -OCH3 is 2. The second-order valence-corrected chi connectivity index (χ2v) is 13.2. The molecule has 1 amide bonds. The molecule has 3 aromatic carbocycles. The molecule has 13 heteroatoms. The SMILES string of the molecule is CCCNCc1ccc(OC)c(C2(N3CC(O)CC3c3ncco3)C(=O)N(S(=O)(=O)c3ccc(OC)cc3)c3ccc(C#N)cc32)c1. The number of anilines is 1. The van der Waals surface area contributed by atoms with E-state index in [4.69, 9.17) is 13.9 Å². The predicted octanol–water partition coefficient (Wildman–Crippen LogP) is 3.85. The van der Waals surface area contributed by atoms with Crippen molar-refractivity contribution in [2.75, 3.05) is 31.6 Å². The maximum Gasteiger partial charge on any atom is 0.271 e. The van der Waals surface area contributed by atoms with Crippen LogP contribution in [0.25, 0.3) is 0 Å². The number of nitrogens with zero attached hydrogens (tertiary/aromatic N) is 4. The van der Waals surface area contributed by atoms with Gasteiger partial charge in [0.25, 0.3) is 15.9 Å². The van der Waals surface area contributed by atoms with Crippen LogP contribution in [0.2, 0.25) is 0 Å². The summed E-state index contributed by atoms with van der Waals surface area (Å²) in [6.07, 6.45) is 3.05. The van der Waals surface area contributed by atoms with Crippen LogP contribution in [0.5, 0.6) is 11.5 Å². The fourth-order valence-electron chi connectivity index (χ4n) is 6.60. The van der Waals surface area contributed by atoms with Crippen molar-refractivity contribution >= 4 is 21.6 Å². The minimum absolute atomic E-state index is 0.0348. The van der Waals surface area contributed by atoms with Gasteiger partial charge < -0.3 is 24.3 Å². The molecule has 2 N–H and O–H groups in total. The molecule has 2 aliphatic heterocycles. The Kier molecular flexibility index (Phi) is 8.78. The molecule has 47 heavy (non-hydrogen) atoms. The summed E-state index contributed by atoms with van der Waals surface area (Å²) in [6, 6.07) is 17.1. The van der Waals surface area contributed by atoms with Crippen molar-refractivity contribution in [3.05, 3.63) is 101 Å². The van der Waals surface area contributed by atoms with Crippen molar-refractivity contribution < 1.29 is 32.2 Å². The molecule has 0 spiro atoms.